The van der Waals surface area contributed by atoms with Crippen LogP contribution in [0.15, 0.2) is 18.2 Å². The van der Waals surface area contributed by atoms with Crippen LogP contribution in [0, 0.1) is 5.82 Å². The summed E-state index contributed by atoms with van der Waals surface area (Å²) in [7, 11) is 1.39. The number of benzene rings is 1. The Labute approximate surface area is 147 Å². The summed E-state index contributed by atoms with van der Waals surface area (Å²) in [4.78, 5) is 28.0. The van der Waals surface area contributed by atoms with Gasteiger partial charge in [-0.1, -0.05) is 13.3 Å². The van der Waals surface area contributed by atoms with Gasteiger partial charge in [0.15, 0.2) is 11.6 Å². The van der Waals surface area contributed by atoms with Gasteiger partial charge in [-0.25, -0.2) is 4.39 Å². The van der Waals surface area contributed by atoms with Crippen LogP contribution in [0.3, 0.4) is 0 Å². The Morgan fingerprint density at radius 3 is 2.56 bits per heavy atom. The van der Waals surface area contributed by atoms with E-state index >= 15 is 0 Å². The number of nitrogens with zero attached hydrogens (tertiary/aromatic N) is 2. The van der Waals surface area contributed by atoms with E-state index < -0.39 is 5.82 Å². The predicted octanol–water partition coefficient (Wildman–Crippen LogP) is 1.51. The summed E-state index contributed by atoms with van der Waals surface area (Å²) in [5.74, 6) is -0.606. The molecule has 0 aliphatic carbocycles. The summed E-state index contributed by atoms with van der Waals surface area (Å²) in [6.45, 7) is 5.44. The molecule has 25 heavy (non-hydrogen) atoms. The number of carbonyl (C=O) groups excluding carboxylic acids is 2. The maximum Gasteiger partial charge on any atom is 0.254 e. The highest BCUT2D eigenvalue weighted by Crippen LogP contribution is 2.19. The Hall–Kier alpha value is -2.15. The summed E-state index contributed by atoms with van der Waals surface area (Å²) in [6.07, 6.45) is 2.03. The molecule has 0 atom stereocenters. The lowest BCUT2D eigenvalue weighted by Crippen LogP contribution is -2.51. The standard InChI is InChI=1S/C18H26FN3O3/c1-3-4-7-20-17(23)13-21-8-10-22(11-9-21)18(24)14-5-6-16(25-2)15(19)12-14/h5-6,12H,3-4,7-11,13H2,1-2H3,(H,20,23). The Balaban J connectivity index is 1.82. The summed E-state index contributed by atoms with van der Waals surface area (Å²) >= 11 is 0. The number of unbranched alkanes of at least 4 members (excludes halogenated alkanes) is 1. The lowest BCUT2D eigenvalue weighted by molar-refractivity contribution is -0.122. The fraction of sp³-hybridized carbons (Fsp3) is 0.556. The van der Waals surface area contributed by atoms with Crippen LogP contribution in [0.25, 0.3) is 0 Å². The monoisotopic (exact) mass is 351 g/mol. The van der Waals surface area contributed by atoms with Crippen LogP contribution >= 0.6 is 0 Å². The SMILES string of the molecule is CCCCNC(=O)CN1CCN(C(=O)c2ccc(OC)c(F)c2)CC1. The van der Waals surface area contributed by atoms with E-state index in [1.54, 1.807) is 11.0 Å². The topological polar surface area (TPSA) is 61.9 Å². The number of hydrogen-bond acceptors (Lipinski definition) is 4. The highest BCUT2D eigenvalue weighted by Gasteiger charge is 2.23. The minimum absolute atomic E-state index is 0.0189. The quantitative estimate of drug-likeness (QED) is 0.757. The fourth-order valence-electron chi connectivity index (χ4n) is 2.75. The average molecular weight is 351 g/mol. The van der Waals surface area contributed by atoms with E-state index in [2.05, 4.69) is 12.2 Å². The number of methoxy groups -OCH3 is 1. The zero-order valence-electron chi connectivity index (χ0n) is 14.9. The molecule has 1 aromatic carbocycles. The summed E-state index contributed by atoms with van der Waals surface area (Å²) in [5.41, 5.74) is 0.309. The fourth-order valence-corrected chi connectivity index (χ4v) is 2.75. The van der Waals surface area contributed by atoms with Crippen LogP contribution in [0.4, 0.5) is 4.39 Å². The number of nitrogens with one attached hydrogen (secondary N) is 1. The molecule has 1 aliphatic heterocycles. The smallest absolute Gasteiger partial charge is 0.254 e. The van der Waals surface area contributed by atoms with Gasteiger partial charge in [0.1, 0.15) is 0 Å². The molecule has 0 aromatic heterocycles. The van der Waals surface area contributed by atoms with Crippen molar-refractivity contribution >= 4 is 11.8 Å². The molecule has 0 bridgehead atoms. The van der Waals surface area contributed by atoms with Crippen molar-refractivity contribution in [3.8, 4) is 5.75 Å². The molecule has 0 saturated carbocycles. The van der Waals surface area contributed by atoms with E-state index in [-0.39, 0.29) is 17.6 Å². The number of piperazine rings is 1. The van der Waals surface area contributed by atoms with Crippen molar-refractivity contribution < 1.29 is 18.7 Å². The molecule has 138 valence electrons. The van der Waals surface area contributed by atoms with Gasteiger partial charge in [0.25, 0.3) is 5.91 Å². The van der Waals surface area contributed by atoms with Crippen molar-refractivity contribution in [2.45, 2.75) is 19.8 Å². The molecular weight excluding hydrogens is 325 g/mol. The van der Waals surface area contributed by atoms with Crippen molar-refractivity contribution in [2.24, 2.45) is 0 Å². The zero-order chi connectivity index (χ0) is 18.2. The minimum atomic E-state index is -0.546. The van der Waals surface area contributed by atoms with Gasteiger partial charge in [0, 0.05) is 38.3 Å². The third-order valence-electron chi connectivity index (χ3n) is 4.28. The van der Waals surface area contributed by atoms with Crippen molar-refractivity contribution in [1.29, 1.82) is 0 Å². The van der Waals surface area contributed by atoms with Crippen molar-refractivity contribution in [3.63, 3.8) is 0 Å². The predicted molar refractivity (Wildman–Crippen MR) is 93.2 cm³/mol. The van der Waals surface area contributed by atoms with E-state index in [4.69, 9.17) is 4.74 Å². The average Bonchev–Trinajstić information content (AvgIpc) is 2.62. The van der Waals surface area contributed by atoms with Crippen molar-refractivity contribution in [1.82, 2.24) is 15.1 Å². The molecule has 1 fully saturated rings. The van der Waals surface area contributed by atoms with Crippen LogP contribution in [0.2, 0.25) is 0 Å². The van der Waals surface area contributed by atoms with E-state index in [0.717, 1.165) is 12.8 Å². The van der Waals surface area contributed by atoms with Gasteiger partial charge in [0.2, 0.25) is 5.91 Å². The number of carbonyl (C=O) groups is 2. The highest BCUT2D eigenvalue weighted by molar-refractivity contribution is 5.94. The number of ether oxygens (including phenoxy) is 1. The summed E-state index contributed by atoms with van der Waals surface area (Å²) in [5, 5.41) is 2.89. The van der Waals surface area contributed by atoms with Crippen LogP contribution in [0.1, 0.15) is 30.1 Å². The third-order valence-corrected chi connectivity index (χ3v) is 4.28. The van der Waals surface area contributed by atoms with Gasteiger partial charge in [-0.15, -0.1) is 0 Å². The molecular formula is C18H26FN3O3. The summed E-state index contributed by atoms with van der Waals surface area (Å²) < 4.78 is 18.6. The van der Waals surface area contributed by atoms with Gasteiger partial charge >= 0.3 is 0 Å². The van der Waals surface area contributed by atoms with E-state index in [0.29, 0.717) is 44.8 Å². The molecule has 1 saturated heterocycles. The molecule has 1 N–H and O–H groups in total. The zero-order valence-corrected chi connectivity index (χ0v) is 14.9. The largest absolute Gasteiger partial charge is 0.494 e. The van der Waals surface area contributed by atoms with Crippen molar-refractivity contribution in [2.75, 3.05) is 46.4 Å². The molecule has 2 rings (SSSR count). The Morgan fingerprint density at radius 2 is 1.96 bits per heavy atom. The number of hydrogen-bond donors (Lipinski definition) is 1. The molecule has 0 spiro atoms. The lowest BCUT2D eigenvalue weighted by atomic mass is 10.1. The lowest BCUT2D eigenvalue weighted by Gasteiger charge is -2.34. The normalized spacial score (nSPS) is 15.1. The molecule has 1 aliphatic rings. The molecule has 1 heterocycles. The maximum atomic E-state index is 13.8. The van der Waals surface area contributed by atoms with Crippen molar-refractivity contribution in [3.05, 3.63) is 29.6 Å². The Bertz CT molecular complexity index is 601. The molecule has 7 heteroatoms. The first-order valence-electron chi connectivity index (χ1n) is 8.67. The Kier molecular flexibility index (Phi) is 7.18. The second-order valence-corrected chi connectivity index (χ2v) is 6.12. The Morgan fingerprint density at radius 1 is 1.24 bits per heavy atom. The molecule has 0 radical (unpaired) electrons. The third kappa shape index (κ3) is 5.42. The van der Waals surface area contributed by atoms with Crippen LogP contribution in [-0.2, 0) is 4.79 Å². The van der Waals surface area contributed by atoms with Gasteiger partial charge in [-0.05, 0) is 24.6 Å². The number of halogens is 1. The molecule has 1 aromatic rings. The second-order valence-electron chi connectivity index (χ2n) is 6.12. The number of rotatable bonds is 7. The minimum Gasteiger partial charge on any atom is -0.494 e. The maximum absolute atomic E-state index is 13.8. The molecule has 0 unspecified atom stereocenters. The van der Waals surface area contributed by atoms with Gasteiger partial charge < -0.3 is 15.0 Å². The first-order valence-corrected chi connectivity index (χ1v) is 8.67. The summed E-state index contributed by atoms with van der Waals surface area (Å²) in [6, 6.07) is 4.23. The van der Waals surface area contributed by atoms with E-state index in [9.17, 15) is 14.0 Å². The van der Waals surface area contributed by atoms with Gasteiger partial charge in [0.05, 0.1) is 13.7 Å². The molecule has 2 amide bonds. The van der Waals surface area contributed by atoms with E-state index in [1.165, 1.54) is 19.2 Å². The second kappa shape index (κ2) is 9.36. The van der Waals surface area contributed by atoms with Gasteiger partial charge in [-0.3, -0.25) is 14.5 Å². The van der Waals surface area contributed by atoms with E-state index in [1.807, 2.05) is 4.90 Å². The highest BCUT2D eigenvalue weighted by atomic mass is 19.1. The molecule has 6 nitrogen and oxygen atoms in total. The number of amides is 2. The van der Waals surface area contributed by atoms with Gasteiger partial charge in [-0.2, -0.15) is 0 Å². The first-order chi connectivity index (χ1) is 12.0. The van der Waals surface area contributed by atoms with Crippen LogP contribution in [0.5, 0.6) is 5.75 Å². The first kappa shape index (κ1) is 19.2. The van der Waals surface area contributed by atoms with Crippen LogP contribution in [-0.4, -0.2) is 68.0 Å². The van der Waals surface area contributed by atoms with Crippen LogP contribution < -0.4 is 10.1 Å².